The van der Waals surface area contributed by atoms with E-state index in [9.17, 15) is 18.0 Å². The van der Waals surface area contributed by atoms with Crippen LogP contribution in [0.15, 0.2) is 66.9 Å². The van der Waals surface area contributed by atoms with E-state index in [-0.39, 0.29) is 18.9 Å². The zero-order chi connectivity index (χ0) is 25.1. The molecule has 3 heterocycles. The van der Waals surface area contributed by atoms with E-state index in [0.29, 0.717) is 24.6 Å². The van der Waals surface area contributed by atoms with Gasteiger partial charge >= 0.3 is 6.18 Å². The van der Waals surface area contributed by atoms with Gasteiger partial charge in [-0.05, 0) is 41.5 Å². The molecule has 0 spiro atoms. The zero-order valence-corrected chi connectivity index (χ0v) is 19.3. The number of rotatable bonds is 6. The van der Waals surface area contributed by atoms with E-state index in [1.54, 1.807) is 6.07 Å². The molecule has 0 radical (unpaired) electrons. The summed E-state index contributed by atoms with van der Waals surface area (Å²) in [7, 11) is 0. The van der Waals surface area contributed by atoms with Gasteiger partial charge in [0.1, 0.15) is 0 Å². The van der Waals surface area contributed by atoms with Gasteiger partial charge in [-0.15, -0.1) is 10.2 Å². The molecule has 2 aromatic heterocycles. The fourth-order valence-corrected chi connectivity index (χ4v) is 4.28. The fraction of sp³-hybridized carbons (Fsp3) is 0.269. The van der Waals surface area contributed by atoms with E-state index in [2.05, 4.69) is 20.4 Å². The highest BCUT2D eigenvalue weighted by atomic mass is 19.4. The minimum atomic E-state index is -4.43. The van der Waals surface area contributed by atoms with E-state index >= 15 is 0 Å². The van der Waals surface area contributed by atoms with Gasteiger partial charge < -0.3 is 15.0 Å². The molecule has 0 saturated carbocycles. The number of carbonyl (C=O) groups excluding carboxylic acids is 1. The third-order valence-corrected chi connectivity index (χ3v) is 6.11. The Balaban J connectivity index is 1.32. The number of hydrogen-bond acceptors (Lipinski definition) is 5. The van der Waals surface area contributed by atoms with Gasteiger partial charge in [-0.1, -0.05) is 30.3 Å². The van der Waals surface area contributed by atoms with Gasteiger partial charge in [0.25, 0.3) is 0 Å². The summed E-state index contributed by atoms with van der Waals surface area (Å²) in [4.78, 5) is 14.8. The average Bonchev–Trinajstić information content (AvgIpc) is 3.26. The van der Waals surface area contributed by atoms with Crippen LogP contribution >= 0.6 is 0 Å². The van der Waals surface area contributed by atoms with Gasteiger partial charge in [-0.2, -0.15) is 13.2 Å². The summed E-state index contributed by atoms with van der Waals surface area (Å²) >= 11 is 0. The summed E-state index contributed by atoms with van der Waals surface area (Å²) in [5, 5.41) is 12.4. The molecule has 0 atom stereocenters. The number of alkyl halides is 3. The van der Waals surface area contributed by atoms with Crippen molar-refractivity contribution in [3.8, 4) is 5.82 Å². The molecule has 1 aliphatic rings. The Bertz CT molecular complexity index is 1360. The smallest absolute Gasteiger partial charge is 0.378 e. The van der Waals surface area contributed by atoms with Crippen LogP contribution in [0.2, 0.25) is 0 Å². The van der Waals surface area contributed by atoms with Crippen LogP contribution in [0, 0.1) is 0 Å². The van der Waals surface area contributed by atoms with Gasteiger partial charge in [0, 0.05) is 31.2 Å². The second-order valence-electron chi connectivity index (χ2n) is 8.54. The van der Waals surface area contributed by atoms with E-state index < -0.39 is 11.7 Å². The van der Waals surface area contributed by atoms with Crippen molar-refractivity contribution >= 4 is 22.6 Å². The summed E-state index contributed by atoms with van der Waals surface area (Å²) in [5.41, 5.74) is 1.31. The van der Waals surface area contributed by atoms with E-state index in [1.807, 2.05) is 47.2 Å². The van der Waals surface area contributed by atoms with Crippen LogP contribution in [0.1, 0.15) is 16.7 Å². The zero-order valence-electron chi connectivity index (χ0n) is 19.3. The maximum atomic E-state index is 13.0. The molecule has 0 aliphatic carbocycles. The molecule has 1 amide bonds. The first-order valence-electron chi connectivity index (χ1n) is 11.6. The maximum Gasteiger partial charge on any atom is 0.416 e. The van der Waals surface area contributed by atoms with Crippen molar-refractivity contribution in [3.05, 3.63) is 83.6 Å². The summed E-state index contributed by atoms with van der Waals surface area (Å²) in [6, 6.07) is 16.4. The lowest BCUT2D eigenvalue weighted by Gasteiger charge is -2.27. The highest BCUT2D eigenvalue weighted by Crippen LogP contribution is 2.29. The number of para-hydroxylation sites is 1. The normalized spacial score (nSPS) is 14.2. The van der Waals surface area contributed by atoms with E-state index in [1.165, 1.54) is 6.07 Å². The third kappa shape index (κ3) is 5.18. The van der Waals surface area contributed by atoms with Crippen molar-refractivity contribution in [1.82, 2.24) is 20.1 Å². The highest BCUT2D eigenvalue weighted by molar-refractivity contribution is 5.90. The predicted molar refractivity (Wildman–Crippen MR) is 129 cm³/mol. The second-order valence-corrected chi connectivity index (χ2v) is 8.54. The molecule has 7 nitrogen and oxygen atoms in total. The molecule has 5 rings (SSSR count). The first kappa shape index (κ1) is 23.8. The Morgan fingerprint density at radius 3 is 2.47 bits per heavy atom. The Morgan fingerprint density at radius 2 is 1.72 bits per heavy atom. The fourth-order valence-electron chi connectivity index (χ4n) is 4.28. The van der Waals surface area contributed by atoms with Crippen LogP contribution in [0.25, 0.3) is 16.7 Å². The summed E-state index contributed by atoms with van der Waals surface area (Å²) in [6.07, 6.45) is -2.50. The maximum absolute atomic E-state index is 13.0. The SMILES string of the molecule is O=C(Cc1cn(-c2ccc(N3CCOCC3)nn2)c2ccccc12)NCc1cccc(C(F)(F)F)c1. The number of hydrogen-bond donors (Lipinski definition) is 1. The largest absolute Gasteiger partial charge is 0.416 e. The number of ether oxygens (including phenoxy) is 1. The highest BCUT2D eigenvalue weighted by Gasteiger charge is 2.30. The molecule has 2 aromatic carbocycles. The Labute approximate surface area is 205 Å². The Kier molecular flexibility index (Phi) is 6.60. The lowest BCUT2D eigenvalue weighted by atomic mass is 10.1. The molecule has 1 aliphatic heterocycles. The van der Waals surface area contributed by atoms with Crippen molar-refractivity contribution in [2.45, 2.75) is 19.1 Å². The predicted octanol–water partition coefficient (Wildman–Crippen LogP) is 4.13. The van der Waals surface area contributed by atoms with Crippen molar-refractivity contribution < 1.29 is 22.7 Å². The molecule has 1 saturated heterocycles. The van der Waals surface area contributed by atoms with Crippen LogP contribution in [0.5, 0.6) is 0 Å². The van der Waals surface area contributed by atoms with Crippen LogP contribution in [-0.2, 0) is 28.7 Å². The molecule has 186 valence electrons. The topological polar surface area (TPSA) is 72.3 Å². The van der Waals surface area contributed by atoms with Crippen molar-refractivity contribution in [2.24, 2.45) is 0 Å². The minimum absolute atomic E-state index is 0.00979. The van der Waals surface area contributed by atoms with E-state index in [0.717, 1.165) is 47.5 Å². The van der Waals surface area contributed by atoms with Crippen molar-refractivity contribution in [1.29, 1.82) is 0 Å². The van der Waals surface area contributed by atoms with Gasteiger partial charge in [0.15, 0.2) is 11.6 Å². The van der Waals surface area contributed by atoms with Gasteiger partial charge in [0.05, 0.1) is 30.7 Å². The van der Waals surface area contributed by atoms with Gasteiger partial charge in [-0.3, -0.25) is 9.36 Å². The molecule has 1 fully saturated rings. The Hall–Kier alpha value is -3.92. The van der Waals surface area contributed by atoms with Crippen molar-refractivity contribution in [2.75, 3.05) is 31.2 Å². The summed E-state index contributed by atoms with van der Waals surface area (Å²) in [6.45, 7) is 2.85. The van der Waals surface area contributed by atoms with Crippen LogP contribution in [0.4, 0.5) is 19.0 Å². The first-order valence-corrected chi connectivity index (χ1v) is 11.6. The van der Waals surface area contributed by atoms with Crippen LogP contribution in [-0.4, -0.2) is 47.0 Å². The number of fused-ring (bicyclic) bond motifs is 1. The average molecular weight is 496 g/mol. The molecular weight excluding hydrogens is 471 g/mol. The molecule has 0 unspecified atom stereocenters. The number of nitrogens with one attached hydrogen (secondary N) is 1. The number of morpholine rings is 1. The monoisotopic (exact) mass is 495 g/mol. The first-order chi connectivity index (χ1) is 17.4. The molecule has 10 heteroatoms. The Morgan fingerprint density at radius 1 is 0.972 bits per heavy atom. The number of halogens is 3. The number of anilines is 1. The third-order valence-electron chi connectivity index (χ3n) is 6.11. The van der Waals surface area contributed by atoms with Crippen LogP contribution < -0.4 is 10.2 Å². The van der Waals surface area contributed by atoms with Crippen LogP contribution in [0.3, 0.4) is 0 Å². The minimum Gasteiger partial charge on any atom is -0.378 e. The number of benzene rings is 2. The summed E-state index contributed by atoms with van der Waals surface area (Å²) < 4.78 is 46.1. The lowest BCUT2D eigenvalue weighted by molar-refractivity contribution is -0.137. The molecule has 1 N–H and O–H groups in total. The van der Waals surface area contributed by atoms with Gasteiger partial charge in [-0.25, -0.2) is 0 Å². The molecule has 0 bridgehead atoms. The number of nitrogens with zero attached hydrogens (tertiary/aromatic N) is 4. The molecule has 36 heavy (non-hydrogen) atoms. The number of carbonyl (C=O) groups is 1. The summed E-state index contributed by atoms with van der Waals surface area (Å²) in [5.74, 6) is 1.12. The van der Waals surface area contributed by atoms with E-state index in [4.69, 9.17) is 4.74 Å². The molecular formula is C26H24F3N5O2. The van der Waals surface area contributed by atoms with Gasteiger partial charge in [0.2, 0.25) is 5.91 Å². The standard InChI is InChI=1S/C26H24F3N5O2/c27-26(28,29)20-5-3-4-18(14-20)16-30-25(35)15-19-17-34(22-7-2-1-6-21(19)22)24-9-8-23(31-32-24)33-10-12-36-13-11-33/h1-9,14,17H,10-13,15-16H2,(H,30,35). The lowest BCUT2D eigenvalue weighted by Crippen LogP contribution is -2.36. The quantitative estimate of drug-likeness (QED) is 0.436. The number of aromatic nitrogens is 3. The molecule has 4 aromatic rings. The second kappa shape index (κ2) is 9.98. The number of amides is 1. The van der Waals surface area contributed by atoms with Crippen molar-refractivity contribution in [3.63, 3.8) is 0 Å².